The van der Waals surface area contributed by atoms with Crippen molar-refractivity contribution in [3.8, 4) is 11.5 Å². The number of hydrogen-bond acceptors (Lipinski definition) is 3. The summed E-state index contributed by atoms with van der Waals surface area (Å²) in [7, 11) is 3.30. The Balaban J connectivity index is -0.000000562. The van der Waals surface area contributed by atoms with E-state index in [0.29, 0.717) is 0 Å². The summed E-state index contributed by atoms with van der Waals surface area (Å²) in [5.41, 5.74) is 2.41. The van der Waals surface area contributed by atoms with E-state index >= 15 is 0 Å². The van der Waals surface area contributed by atoms with Crippen molar-refractivity contribution in [2.45, 2.75) is 6.42 Å². The van der Waals surface area contributed by atoms with Crippen molar-refractivity contribution in [2.24, 2.45) is 4.99 Å². The molecule has 0 saturated heterocycles. The average Bonchev–Trinajstić information content (AvgIpc) is 2.27. The van der Waals surface area contributed by atoms with Gasteiger partial charge in [0, 0.05) is 12.8 Å². The summed E-state index contributed by atoms with van der Waals surface area (Å²) in [6.45, 7) is 0.864. The number of hydrogen-bond donors (Lipinski definition) is 0. The highest BCUT2D eigenvalue weighted by molar-refractivity contribution is 5.85. The van der Waals surface area contributed by atoms with Crippen molar-refractivity contribution >= 4 is 18.6 Å². The Hall–Kier alpha value is -1.34. The van der Waals surface area contributed by atoms with Crippen LogP contribution >= 0.6 is 12.4 Å². The van der Waals surface area contributed by atoms with E-state index in [0.717, 1.165) is 30.0 Å². The fraction of sp³-hybridized carbons (Fsp3) is 0.364. The van der Waals surface area contributed by atoms with Gasteiger partial charge in [-0.25, -0.2) is 0 Å². The molecule has 0 fully saturated rings. The summed E-state index contributed by atoms with van der Waals surface area (Å²) in [6.07, 6.45) is 2.87. The molecule has 0 aromatic heterocycles. The lowest BCUT2D eigenvalue weighted by molar-refractivity contribution is 0.354. The maximum atomic E-state index is 5.23. The fourth-order valence-corrected chi connectivity index (χ4v) is 1.62. The Morgan fingerprint density at radius 2 is 1.56 bits per heavy atom. The maximum absolute atomic E-state index is 5.23. The number of rotatable bonds is 2. The third-order valence-corrected chi connectivity index (χ3v) is 2.39. The topological polar surface area (TPSA) is 125 Å². The van der Waals surface area contributed by atoms with Crippen molar-refractivity contribution in [1.82, 2.24) is 0 Å². The van der Waals surface area contributed by atoms with Gasteiger partial charge in [-0.3, -0.25) is 4.99 Å². The highest BCUT2D eigenvalue weighted by Crippen LogP contribution is 2.30. The Morgan fingerprint density at radius 1 is 1.00 bits per heavy atom. The average molecular weight is 282 g/mol. The Kier molecular flexibility index (Phi) is 11.8. The summed E-state index contributed by atoms with van der Waals surface area (Å²) < 4.78 is 10.4. The molecule has 0 spiro atoms. The van der Waals surface area contributed by atoms with E-state index in [4.69, 9.17) is 9.47 Å². The van der Waals surface area contributed by atoms with Crippen LogP contribution in [0.1, 0.15) is 11.1 Å². The number of halogens is 1. The molecule has 7 heteroatoms. The van der Waals surface area contributed by atoms with Crippen molar-refractivity contribution in [3.05, 3.63) is 23.3 Å². The minimum absolute atomic E-state index is 0. The first-order valence-corrected chi connectivity index (χ1v) is 4.60. The molecule has 0 bridgehead atoms. The van der Waals surface area contributed by atoms with E-state index in [1.807, 2.05) is 18.3 Å². The van der Waals surface area contributed by atoms with E-state index in [2.05, 4.69) is 4.99 Å². The van der Waals surface area contributed by atoms with Crippen molar-refractivity contribution in [1.29, 1.82) is 0 Å². The van der Waals surface area contributed by atoms with Crippen LogP contribution < -0.4 is 9.47 Å². The third-order valence-electron chi connectivity index (χ3n) is 2.39. The second-order valence-electron chi connectivity index (χ2n) is 3.19. The summed E-state index contributed by atoms with van der Waals surface area (Å²) >= 11 is 0. The molecular formula is C11H20ClNO5. The van der Waals surface area contributed by atoms with E-state index < -0.39 is 0 Å². The van der Waals surface area contributed by atoms with Crippen LogP contribution in [0.3, 0.4) is 0 Å². The monoisotopic (exact) mass is 281 g/mol. The molecule has 1 aromatic carbocycles. The number of ether oxygens (including phenoxy) is 2. The van der Waals surface area contributed by atoms with Gasteiger partial charge in [0.15, 0.2) is 11.5 Å². The number of aliphatic imine (C=N–C) groups is 1. The number of benzene rings is 1. The number of fused-ring (bicyclic) bond motifs is 1. The molecule has 0 saturated carbocycles. The van der Waals surface area contributed by atoms with Gasteiger partial charge in [0.05, 0.1) is 14.2 Å². The Labute approximate surface area is 112 Å². The van der Waals surface area contributed by atoms with Crippen LogP contribution in [0.4, 0.5) is 0 Å². The van der Waals surface area contributed by atoms with Crippen molar-refractivity contribution in [3.63, 3.8) is 0 Å². The van der Waals surface area contributed by atoms with E-state index in [1.54, 1.807) is 14.2 Å². The SMILES string of the molecule is COc1cc2c(cc1OC)CCN=C2.Cl.O.O.O. The molecule has 1 heterocycles. The molecular weight excluding hydrogens is 262 g/mol. The normalized spacial score (nSPS) is 10.6. The van der Waals surface area contributed by atoms with E-state index in [1.165, 1.54) is 5.56 Å². The minimum atomic E-state index is 0. The zero-order chi connectivity index (χ0) is 9.97. The zero-order valence-electron chi connectivity index (χ0n) is 10.3. The minimum Gasteiger partial charge on any atom is -0.493 e. The van der Waals surface area contributed by atoms with Crippen LogP contribution in [0.15, 0.2) is 17.1 Å². The molecule has 0 amide bonds. The number of methoxy groups -OCH3 is 2. The molecule has 18 heavy (non-hydrogen) atoms. The lowest BCUT2D eigenvalue weighted by Gasteiger charge is -2.14. The zero-order valence-corrected chi connectivity index (χ0v) is 11.1. The predicted molar refractivity (Wildman–Crippen MR) is 73.8 cm³/mol. The number of nitrogens with zero attached hydrogens (tertiary/aromatic N) is 1. The fourth-order valence-electron chi connectivity index (χ4n) is 1.62. The molecule has 0 atom stereocenters. The molecule has 0 unspecified atom stereocenters. The van der Waals surface area contributed by atoms with Crippen molar-refractivity contribution < 1.29 is 25.9 Å². The van der Waals surface area contributed by atoms with Gasteiger partial charge in [-0.1, -0.05) is 0 Å². The van der Waals surface area contributed by atoms with Gasteiger partial charge in [-0.15, -0.1) is 12.4 Å². The summed E-state index contributed by atoms with van der Waals surface area (Å²) in [5.74, 6) is 1.56. The van der Waals surface area contributed by atoms with Crippen LogP contribution in [-0.2, 0) is 6.42 Å². The Morgan fingerprint density at radius 3 is 2.11 bits per heavy atom. The highest BCUT2D eigenvalue weighted by atomic mass is 35.5. The lowest BCUT2D eigenvalue weighted by Crippen LogP contribution is -2.04. The van der Waals surface area contributed by atoms with Crippen LogP contribution in [0.5, 0.6) is 11.5 Å². The van der Waals surface area contributed by atoms with Crippen LogP contribution in [0.2, 0.25) is 0 Å². The van der Waals surface area contributed by atoms with Crippen LogP contribution in [-0.4, -0.2) is 43.4 Å². The maximum Gasteiger partial charge on any atom is 0.161 e. The second-order valence-corrected chi connectivity index (χ2v) is 3.19. The summed E-state index contributed by atoms with van der Waals surface area (Å²) in [6, 6.07) is 4.00. The van der Waals surface area contributed by atoms with E-state index in [9.17, 15) is 0 Å². The molecule has 1 aromatic rings. The third kappa shape index (κ3) is 4.15. The summed E-state index contributed by atoms with van der Waals surface area (Å²) in [4.78, 5) is 4.23. The second kappa shape index (κ2) is 9.67. The molecule has 0 radical (unpaired) electrons. The Bertz CT molecular complexity index is 384. The molecule has 1 aliphatic heterocycles. The smallest absolute Gasteiger partial charge is 0.161 e. The molecule has 0 aliphatic carbocycles. The first kappa shape index (κ1) is 21.9. The standard InChI is InChI=1S/C11H13NO2.ClH.3H2O/c1-13-10-5-8-3-4-12-7-9(8)6-11(10)14-2;;;;/h5-7H,3-4H2,1-2H3;1H;3*1H2. The van der Waals surface area contributed by atoms with Gasteiger partial charge in [0.25, 0.3) is 0 Å². The highest BCUT2D eigenvalue weighted by Gasteiger charge is 2.11. The van der Waals surface area contributed by atoms with Gasteiger partial charge in [0.2, 0.25) is 0 Å². The van der Waals surface area contributed by atoms with Crippen LogP contribution in [0, 0.1) is 0 Å². The van der Waals surface area contributed by atoms with Gasteiger partial charge in [0.1, 0.15) is 0 Å². The first-order chi connectivity index (χ1) is 6.85. The van der Waals surface area contributed by atoms with Gasteiger partial charge in [-0.2, -0.15) is 0 Å². The van der Waals surface area contributed by atoms with Gasteiger partial charge < -0.3 is 25.9 Å². The quantitative estimate of drug-likeness (QED) is 0.733. The van der Waals surface area contributed by atoms with Crippen molar-refractivity contribution in [2.75, 3.05) is 20.8 Å². The molecule has 6 N–H and O–H groups in total. The molecule has 106 valence electrons. The predicted octanol–water partition coefficient (Wildman–Crippen LogP) is -0.374. The molecule has 1 aliphatic rings. The van der Waals surface area contributed by atoms with Gasteiger partial charge in [-0.05, 0) is 29.7 Å². The largest absolute Gasteiger partial charge is 0.493 e. The first-order valence-electron chi connectivity index (χ1n) is 4.60. The van der Waals surface area contributed by atoms with E-state index in [-0.39, 0.29) is 28.8 Å². The summed E-state index contributed by atoms with van der Waals surface area (Å²) in [5, 5.41) is 0. The lowest BCUT2D eigenvalue weighted by atomic mass is 10.0. The van der Waals surface area contributed by atoms with Crippen LogP contribution in [0.25, 0.3) is 0 Å². The molecule has 6 nitrogen and oxygen atoms in total. The molecule has 2 rings (SSSR count). The van der Waals surface area contributed by atoms with Gasteiger partial charge >= 0.3 is 0 Å².